The Morgan fingerprint density at radius 1 is 1.33 bits per heavy atom. The molecule has 6 nitrogen and oxygen atoms in total. The van der Waals surface area contributed by atoms with E-state index in [1.807, 2.05) is 34.9 Å². The van der Waals surface area contributed by atoms with Gasteiger partial charge < -0.3 is 19.6 Å². The van der Waals surface area contributed by atoms with Gasteiger partial charge in [-0.1, -0.05) is 0 Å². The Labute approximate surface area is 130 Å². The van der Waals surface area contributed by atoms with Crippen molar-refractivity contribution in [3.63, 3.8) is 0 Å². The molecule has 21 heavy (non-hydrogen) atoms. The fourth-order valence-corrected chi connectivity index (χ4v) is 3.69. The molecule has 122 valence electrons. The van der Waals surface area contributed by atoms with Gasteiger partial charge in [-0.2, -0.15) is 0 Å². The number of carboxylic acids is 1. The van der Waals surface area contributed by atoms with Crippen molar-refractivity contribution in [2.24, 2.45) is 0 Å². The number of carbonyl (C=O) groups excluding carboxylic acids is 1. The number of amides is 1. The number of thioether (sulfide) groups is 1. The molecule has 0 aromatic rings. The molecule has 0 aromatic carbocycles. The summed E-state index contributed by atoms with van der Waals surface area (Å²) in [5.74, 6) is 0.0267. The van der Waals surface area contributed by atoms with E-state index in [0.717, 1.165) is 12.3 Å². The maximum Gasteiger partial charge on any atom is 0.410 e. The average Bonchev–Trinajstić information content (AvgIpc) is 2.20. The molecule has 1 fully saturated rings. The molecule has 0 unspecified atom stereocenters. The highest BCUT2D eigenvalue weighted by molar-refractivity contribution is 8.00. The van der Waals surface area contributed by atoms with Crippen molar-refractivity contribution in [1.82, 2.24) is 9.80 Å². The quantitative estimate of drug-likeness (QED) is 0.804. The molecular formula is C14H26N2O4S. The number of ether oxygens (including phenoxy) is 1. The van der Waals surface area contributed by atoms with E-state index in [-0.39, 0.29) is 17.3 Å². The van der Waals surface area contributed by atoms with Crippen LogP contribution in [-0.2, 0) is 9.53 Å². The van der Waals surface area contributed by atoms with Crippen molar-refractivity contribution < 1.29 is 19.4 Å². The van der Waals surface area contributed by atoms with E-state index in [2.05, 4.69) is 4.90 Å². The number of likely N-dealkylation sites (tertiary alicyclic amines) is 1. The molecule has 0 aromatic heterocycles. The van der Waals surface area contributed by atoms with Gasteiger partial charge in [0.1, 0.15) is 5.60 Å². The highest BCUT2D eigenvalue weighted by Gasteiger charge is 2.48. The maximum absolute atomic E-state index is 11.9. The van der Waals surface area contributed by atoms with E-state index in [0.29, 0.717) is 13.1 Å². The Hall–Kier alpha value is -0.950. The summed E-state index contributed by atoms with van der Waals surface area (Å²) in [6.45, 7) is 7.22. The van der Waals surface area contributed by atoms with Crippen molar-refractivity contribution in [3.8, 4) is 0 Å². The molecule has 0 atom stereocenters. The van der Waals surface area contributed by atoms with Crippen LogP contribution in [0, 0.1) is 0 Å². The third kappa shape index (κ3) is 6.13. The molecule has 7 heteroatoms. The number of carboxylic acid groups (broad SMARTS) is 1. The van der Waals surface area contributed by atoms with Gasteiger partial charge >= 0.3 is 12.1 Å². The minimum Gasteiger partial charge on any atom is -0.481 e. The number of hydrogen-bond acceptors (Lipinski definition) is 5. The number of nitrogens with zero attached hydrogens (tertiary/aromatic N) is 2. The first-order chi connectivity index (χ1) is 9.53. The smallest absolute Gasteiger partial charge is 0.410 e. The molecule has 1 rings (SSSR count). The summed E-state index contributed by atoms with van der Waals surface area (Å²) < 4.78 is 4.93. The van der Waals surface area contributed by atoms with Gasteiger partial charge in [-0.25, -0.2) is 4.79 Å². The molecule has 0 saturated carbocycles. The van der Waals surface area contributed by atoms with E-state index >= 15 is 0 Å². The first kappa shape index (κ1) is 18.1. The average molecular weight is 318 g/mol. The van der Waals surface area contributed by atoms with E-state index in [1.54, 1.807) is 16.7 Å². The third-order valence-corrected chi connectivity index (χ3v) is 4.43. The lowest BCUT2D eigenvalue weighted by Gasteiger charge is -2.48. The molecule has 1 N–H and O–H groups in total. The second kappa shape index (κ2) is 6.87. The van der Waals surface area contributed by atoms with Gasteiger partial charge in [0, 0.05) is 25.4 Å². The summed E-state index contributed by atoms with van der Waals surface area (Å²) in [4.78, 5) is 26.6. The van der Waals surface area contributed by atoms with Crippen LogP contribution < -0.4 is 0 Å². The van der Waals surface area contributed by atoms with Crippen LogP contribution in [-0.4, -0.2) is 76.8 Å². The number of carbonyl (C=O) groups is 2. The van der Waals surface area contributed by atoms with Crippen LogP contribution in [0.2, 0.25) is 0 Å². The van der Waals surface area contributed by atoms with Gasteiger partial charge in [0.15, 0.2) is 0 Å². The van der Waals surface area contributed by atoms with Crippen LogP contribution in [0.25, 0.3) is 0 Å². The Morgan fingerprint density at radius 3 is 2.33 bits per heavy atom. The Balaban J connectivity index is 2.53. The molecular weight excluding hydrogens is 292 g/mol. The summed E-state index contributed by atoms with van der Waals surface area (Å²) in [7, 11) is 3.97. The maximum atomic E-state index is 11.9. The van der Waals surface area contributed by atoms with Gasteiger partial charge in [0.25, 0.3) is 0 Å². The normalized spacial score (nSPS) is 17.5. The first-order valence-corrected chi connectivity index (χ1v) is 8.00. The molecule has 1 heterocycles. The SMILES string of the molecule is CN(C)CCSC1(CC(=O)O)CN(C(=O)OC(C)(C)C)C1. The van der Waals surface area contributed by atoms with E-state index in [9.17, 15) is 9.59 Å². The minimum atomic E-state index is -0.823. The molecule has 1 aliphatic rings. The Kier molecular flexibility index (Phi) is 5.92. The number of hydrogen-bond donors (Lipinski definition) is 1. The fourth-order valence-electron chi connectivity index (χ4n) is 2.08. The lowest BCUT2D eigenvalue weighted by atomic mass is 9.95. The van der Waals surface area contributed by atoms with Gasteiger partial charge in [-0.15, -0.1) is 11.8 Å². The lowest BCUT2D eigenvalue weighted by Crippen LogP contribution is -2.63. The van der Waals surface area contributed by atoms with Crippen molar-refractivity contribution >= 4 is 23.8 Å². The van der Waals surface area contributed by atoms with E-state index < -0.39 is 11.6 Å². The molecule has 0 aliphatic carbocycles. The number of aliphatic carboxylic acids is 1. The van der Waals surface area contributed by atoms with Gasteiger partial charge in [0.05, 0.1) is 11.2 Å². The zero-order chi connectivity index (χ0) is 16.3. The summed E-state index contributed by atoms with van der Waals surface area (Å²) in [6, 6.07) is 0. The first-order valence-electron chi connectivity index (χ1n) is 7.01. The van der Waals surface area contributed by atoms with Crippen LogP contribution >= 0.6 is 11.8 Å². The predicted octanol–water partition coefficient (Wildman–Crippen LogP) is 1.75. The van der Waals surface area contributed by atoms with Crippen LogP contribution in [0.3, 0.4) is 0 Å². The second-order valence-electron chi connectivity index (χ2n) is 6.74. The van der Waals surface area contributed by atoms with Crippen LogP contribution in [0.5, 0.6) is 0 Å². The highest BCUT2D eigenvalue weighted by atomic mass is 32.2. The van der Waals surface area contributed by atoms with Crippen molar-refractivity contribution in [1.29, 1.82) is 0 Å². The molecule has 1 saturated heterocycles. The molecule has 1 aliphatic heterocycles. The second-order valence-corrected chi connectivity index (χ2v) is 8.30. The van der Waals surface area contributed by atoms with Crippen molar-refractivity contribution in [2.75, 3.05) is 39.5 Å². The summed E-state index contributed by atoms with van der Waals surface area (Å²) in [5, 5.41) is 9.08. The molecule has 0 bridgehead atoms. The third-order valence-electron chi connectivity index (χ3n) is 3.03. The van der Waals surface area contributed by atoms with Crippen molar-refractivity contribution in [2.45, 2.75) is 37.5 Å². The van der Waals surface area contributed by atoms with Gasteiger partial charge in [0.2, 0.25) is 0 Å². The number of rotatable bonds is 6. The summed E-state index contributed by atoms with van der Waals surface area (Å²) in [6.07, 6.45) is -0.290. The standard InChI is InChI=1S/C14H26N2O4S/c1-13(2,3)20-12(19)16-9-14(10-16,8-11(17)18)21-7-6-15(4)5/h6-10H2,1-5H3,(H,17,18). The topological polar surface area (TPSA) is 70.1 Å². The monoisotopic (exact) mass is 318 g/mol. The predicted molar refractivity (Wildman–Crippen MR) is 83.8 cm³/mol. The molecule has 1 amide bonds. The van der Waals surface area contributed by atoms with Crippen molar-refractivity contribution in [3.05, 3.63) is 0 Å². The van der Waals surface area contributed by atoms with E-state index in [1.165, 1.54) is 0 Å². The highest BCUT2D eigenvalue weighted by Crippen LogP contribution is 2.39. The minimum absolute atomic E-state index is 0.0738. The zero-order valence-electron chi connectivity index (χ0n) is 13.5. The summed E-state index contributed by atoms with van der Waals surface area (Å²) in [5.41, 5.74) is -0.528. The largest absolute Gasteiger partial charge is 0.481 e. The van der Waals surface area contributed by atoms with Gasteiger partial charge in [-0.3, -0.25) is 4.79 Å². The lowest BCUT2D eigenvalue weighted by molar-refractivity contribution is -0.138. The summed E-state index contributed by atoms with van der Waals surface area (Å²) >= 11 is 1.63. The van der Waals surface area contributed by atoms with E-state index in [4.69, 9.17) is 9.84 Å². The Morgan fingerprint density at radius 2 is 1.90 bits per heavy atom. The van der Waals surface area contributed by atoms with Crippen LogP contribution in [0.4, 0.5) is 4.79 Å². The fraction of sp³-hybridized carbons (Fsp3) is 0.857. The van der Waals surface area contributed by atoms with Crippen LogP contribution in [0.1, 0.15) is 27.2 Å². The zero-order valence-corrected chi connectivity index (χ0v) is 14.3. The molecule has 0 radical (unpaired) electrons. The Bertz CT molecular complexity index is 387. The van der Waals surface area contributed by atoms with Crippen LogP contribution in [0.15, 0.2) is 0 Å². The molecule has 0 spiro atoms. The van der Waals surface area contributed by atoms with Gasteiger partial charge in [-0.05, 0) is 34.9 Å².